The van der Waals surface area contributed by atoms with E-state index in [-0.39, 0.29) is 0 Å². The molecule has 20 rings (SSSR count). The zero-order chi connectivity index (χ0) is 61.8. The molecule has 0 saturated heterocycles. The van der Waals surface area contributed by atoms with E-state index < -0.39 is 0 Å². The van der Waals surface area contributed by atoms with Crippen LogP contribution in [-0.2, 0) is 0 Å². The second kappa shape index (κ2) is 21.5. The summed E-state index contributed by atoms with van der Waals surface area (Å²) in [5, 5.41) is 15.8. The summed E-state index contributed by atoms with van der Waals surface area (Å²) < 4.78 is 12.8. The second-order valence-electron chi connectivity index (χ2n) is 24.2. The summed E-state index contributed by atoms with van der Waals surface area (Å²) in [6.45, 7) is 0. The van der Waals surface area contributed by atoms with Gasteiger partial charge in [-0.05, 0) is 92.3 Å². The number of pyridine rings is 4. The SMILES string of the molecule is c1ccc(-c2c3ccccc3nc3c2ccc2ccc(-c4ccc(-c5cccc6c5oc5ccccc56)c5ccccc45)nc23)cc1.c1ccc(-c2c3ccccc3nc3c2ccc2ccc(-c4ccc5cc(-c6cccc7c6oc6ccccc67)ccc5c4)nc23)cc1. The van der Waals surface area contributed by atoms with E-state index in [2.05, 4.69) is 291 Å². The summed E-state index contributed by atoms with van der Waals surface area (Å²) >= 11 is 0. The van der Waals surface area contributed by atoms with E-state index >= 15 is 0 Å². The Kier molecular flexibility index (Phi) is 12.2. The van der Waals surface area contributed by atoms with Crippen LogP contribution in [0.25, 0.3) is 198 Å². The molecule has 0 amide bonds. The van der Waals surface area contributed by atoms with Crippen LogP contribution in [0.15, 0.2) is 324 Å². The second-order valence-corrected chi connectivity index (χ2v) is 24.2. The zero-order valence-electron chi connectivity index (χ0n) is 50.6. The van der Waals surface area contributed by atoms with E-state index in [9.17, 15) is 0 Å². The first kappa shape index (κ1) is 53.2. The highest BCUT2D eigenvalue weighted by molar-refractivity contribution is 6.19. The molecule has 20 aromatic rings. The fourth-order valence-corrected chi connectivity index (χ4v) is 14.5. The standard InChI is InChI=1S/2C44H26N2O/c1-2-9-27(10-3-1)41-36-12-4-6-15-39(36)46-43-37(41)23-21-28-22-24-38(45-42(28)43)32-20-18-29-25-31(19-17-30(29)26-32)33-13-8-14-35-34-11-5-7-16-40(34)47-44(33)35;1-2-11-27(12-3-1)41-36-16-6-8-19-38(36)46-43-37(41)23-21-28-22-26-39(45-42(28)43)32-25-24-31(29-13-4-5-14-30(29)32)34-17-10-18-35-33-15-7-9-20-40(33)47-44(34)35/h2*1-26H. The minimum Gasteiger partial charge on any atom is -0.455 e. The largest absolute Gasteiger partial charge is 0.455 e. The normalized spacial score (nSPS) is 11.8. The zero-order valence-corrected chi connectivity index (χ0v) is 50.6. The highest BCUT2D eigenvalue weighted by Crippen LogP contribution is 2.44. The molecule has 436 valence electrons. The van der Waals surface area contributed by atoms with Crippen molar-refractivity contribution in [2.45, 2.75) is 0 Å². The smallest absolute Gasteiger partial charge is 0.143 e. The molecule has 0 bridgehead atoms. The first-order valence-electron chi connectivity index (χ1n) is 31.8. The number of para-hydroxylation sites is 6. The van der Waals surface area contributed by atoms with Crippen LogP contribution in [0.3, 0.4) is 0 Å². The van der Waals surface area contributed by atoms with Crippen molar-refractivity contribution in [2.24, 2.45) is 0 Å². The molecule has 6 heterocycles. The first-order chi connectivity index (χ1) is 46.6. The summed E-state index contributed by atoms with van der Waals surface area (Å²) in [5.74, 6) is 0. The molecular formula is C88H52N4O2. The minimum absolute atomic E-state index is 0.903. The third kappa shape index (κ3) is 8.65. The maximum absolute atomic E-state index is 6.44. The van der Waals surface area contributed by atoms with Gasteiger partial charge in [-0.2, -0.15) is 0 Å². The van der Waals surface area contributed by atoms with E-state index in [0.717, 1.165) is 165 Å². The van der Waals surface area contributed by atoms with Crippen molar-refractivity contribution in [3.05, 3.63) is 315 Å². The Morgan fingerprint density at radius 3 is 1.20 bits per heavy atom. The number of aromatic nitrogens is 4. The molecule has 0 aliphatic rings. The summed E-state index contributed by atoms with van der Waals surface area (Å²) in [7, 11) is 0. The minimum atomic E-state index is 0.903. The van der Waals surface area contributed by atoms with Crippen LogP contribution in [-0.4, -0.2) is 19.9 Å². The number of fused-ring (bicyclic) bond motifs is 16. The van der Waals surface area contributed by atoms with Gasteiger partial charge in [0, 0.05) is 87.2 Å². The Labute approximate surface area is 538 Å². The van der Waals surface area contributed by atoms with Crippen molar-refractivity contribution in [1.82, 2.24) is 19.9 Å². The van der Waals surface area contributed by atoms with Gasteiger partial charge in [-0.15, -0.1) is 0 Å². The molecule has 0 spiro atoms. The highest BCUT2D eigenvalue weighted by atomic mass is 16.3. The highest BCUT2D eigenvalue weighted by Gasteiger charge is 2.21. The van der Waals surface area contributed by atoms with Gasteiger partial charge in [0.2, 0.25) is 0 Å². The molecule has 0 fully saturated rings. The lowest BCUT2D eigenvalue weighted by molar-refractivity contribution is 0.669. The number of benzene rings is 14. The lowest BCUT2D eigenvalue weighted by Crippen LogP contribution is -1.93. The molecule has 14 aromatic carbocycles. The molecule has 0 aliphatic carbocycles. The van der Waals surface area contributed by atoms with Crippen molar-refractivity contribution in [3.63, 3.8) is 0 Å². The topological polar surface area (TPSA) is 77.8 Å². The average molecular weight is 1200 g/mol. The first-order valence-corrected chi connectivity index (χ1v) is 31.8. The van der Waals surface area contributed by atoms with Crippen molar-refractivity contribution >= 4 is 131 Å². The van der Waals surface area contributed by atoms with Gasteiger partial charge in [0.15, 0.2) is 0 Å². The van der Waals surface area contributed by atoms with Gasteiger partial charge in [0.05, 0.1) is 44.5 Å². The average Bonchev–Trinajstić information content (AvgIpc) is 1.15. The van der Waals surface area contributed by atoms with E-state index in [1.54, 1.807) is 0 Å². The lowest BCUT2D eigenvalue weighted by Gasteiger charge is -2.14. The van der Waals surface area contributed by atoms with E-state index in [4.69, 9.17) is 28.8 Å². The predicted octanol–water partition coefficient (Wildman–Crippen LogP) is 24.0. The molecule has 0 N–H and O–H groups in total. The molecule has 0 aliphatic heterocycles. The predicted molar refractivity (Wildman–Crippen MR) is 391 cm³/mol. The molecule has 0 radical (unpaired) electrons. The molecule has 0 unspecified atom stereocenters. The molecule has 6 nitrogen and oxygen atoms in total. The van der Waals surface area contributed by atoms with Gasteiger partial charge in [0.1, 0.15) is 22.3 Å². The Balaban J connectivity index is 0.000000133. The Morgan fingerprint density at radius 1 is 0.202 bits per heavy atom. The van der Waals surface area contributed by atoms with Crippen LogP contribution < -0.4 is 0 Å². The summed E-state index contributed by atoms with van der Waals surface area (Å²) in [4.78, 5) is 21.0. The lowest BCUT2D eigenvalue weighted by atomic mass is 9.92. The number of hydrogen-bond donors (Lipinski definition) is 0. The Bertz CT molecular complexity index is 6490. The summed E-state index contributed by atoms with van der Waals surface area (Å²) in [6.07, 6.45) is 0. The Morgan fingerprint density at radius 2 is 0.617 bits per heavy atom. The molecule has 0 saturated carbocycles. The number of rotatable bonds is 6. The van der Waals surface area contributed by atoms with Gasteiger partial charge in [-0.1, -0.05) is 267 Å². The van der Waals surface area contributed by atoms with E-state index in [1.807, 2.05) is 24.3 Å². The fraction of sp³-hybridized carbons (Fsp3) is 0. The maximum atomic E-state index is 6.44. The molecule has 6 heteroatoms. The summed E-state index contributed by atoms with van der Waals surface area (Å²) in [5.41, 5.74) is 22.5. The molecule has 6 aromatic heterocycles. The van der Waals surface area contributed by atoms with Crippen molar-refractivity contribution in [1.29, 1.82) is 0 Å². The molecule has 94 heavy (non-hydrogen) atoms. The third-order valence-corrected chi connectivity index (χ3v) is 18.9. The van der Waals surface area contributed by atoms with Gasteiger partial charge < -0.3 is 8.83 Å². The van der Waals surface area contributed by atoms with Crippen LogP contribution in [0.4, 0.5) is 0 Å². The van der Waals surface area contributed by atoms with Gasteiger partial charge in [0.25, 0.3) is 0 Å². The quantitative estimate of drug-likeness (QED) is 0.122. The van der Waals surface area contributed by atoms with Crippen molar-refractivity contribution in [2.75, 3.05) is 0 Å². The third-order valence-electron chi connectivity index (χ3n) is 18.9. The van der Waals surface area contributed by atoms with Crippen LogP contribution >= 0.6 is 0 Å². The fourth-order valence-electron chi connectivity index (χ4n) is 14.5. The van der Waals surface area contributed by atoms with Crippen LogP contribution in [0.5, 0.6) is 0 Å². The number of hydrogen-bond acceptors (Lipinski definition) is 6. The van der Waals surface area contributed by atoms with Gasteiger partial charge in [-0.25, -0.2) is 19.9 Å². The van der Waals surface area contributed by atoms with E-state index in [0.29, 0.717) is 0 Å². The molecule has 0 atom stereocenters. The summed E-state index contributed by atoms with van der Waals surface area (Å²) in [6, 6.07) is 111. The number of furan rings is 2. The van der Waals surface area contributed by atoms with Crippen LogP contribution in [0.1, 0.15) is 0 Å². The Hall–Kier alpha value is -12.6. The van der Waals surface area contributed by atoms with Crippen LogP contribution in [0.2, 0.25) is 0 Å². The van der Waals surface area contributed by atoms with Crippen molar-refractivity contribution in [3.8, 4) is 67.0 Å². The number of nitrogens with zero attached hydrogens (tertiary/aromatic N) is 4. The van der Waals surface area contributed by atoms with Gasteiger partial charge in [-0.3, -0.25) is 0 Å². The molecular weight excluding hydrogens is 1140 g/mol. The van der Waals surface area contributed by atoms with Gasteiger partial charge >= 0.3 is 0 Å². The van der Waals surface area contributed by atoms with Crippen molar-refractivity contribution < 1.29 is 8.83 Å². The van der Waals surface area contributed by atoms with E-state index in [1.165, 1.54) is 33.0 Å². The monoisotopic (exact) mass is 1200 g/mol. The van der Waals surface area contributed by atoms with Crippen LogP contribution in [0, 0.1) is 0 Å². The maximum Gasteiger partial charge on any atom is 0.143 e.